The highest BCUT2D eigenvalue weighted by Crippen LogP contribution is 2.63. The van der Waals surface area contributed by atoms with Gasteiger partial charge in [-0.3, -0.25) is 0 Å². The minimum absolute atomic E-state index is 0.0977. The fourth-order valence-electron chi connectivity index (χ4n) is 8.60. The molecule has 45 heavy (non-hydrogen) atoms. The van der Waals surface area contributed by atoms with Crippen LogP contribution in [0.4, 0.5) is 5.95 Å². The molecule has 0 spiro atoms. The van der Waals surface area contributed by atoms with Crippen LogP contribution in [0.25, 0.3) is 44.4 Å². The second-order valence-electron chi connectivity index (χ2n) is 13.2. The number of nitrogens with zero attached hydrogens (tertiary/aromatic N) is 3. The molecule has 1 aliphatic heterocycles. The lowest BCUT2D eigenvalue weighted by Gasteiger charge is -2.36. The van der Waals surface area contributed by atoms with Crippen LogP contribution in [0.3, 0.4) is 0 Å². The monoisotopic (exact) mass is 597 g/mol. The third kappa shape index (κ3) is 3.41. The molecule has 0 bridgehead atoms. The quantitative estimate of drug-likeness (QED) is 0.199. The first-order chi connectivity index (χ1) is 22.1. The van der Waals surface area contributed by atoms with Crippen LogP contribution in [-0.2, 0) is 18.3 Å². The molecule has 6 aromatic rings. The first-order valence-corrected chi connectivity index (χ1v) is 16.8. The van der Waals surface area contributed by atoms with E-state index in [-0.39, 0.29) is 17.4 Å². The van der Waals surface area contributed by atoms with Crippen molar-refractivity contribution in [2.75, 3.05) is 4.90 Å². The summed E-state index contributed by atoms with van der Waals surface area (Å²) in [5.41, 5.74) is 13.9. The van der Waals surface area contributed by atoms with Gasteiger partial charge in [0.2, 0.25) is 5.95 Å². The number of rotatable bonds is 2. The third-order valence-corrected chi connectivity index (χ3v) is 11.8. The van der Waals surface area contributed by atoms with Crippen molar-refractivity contribution >= 4 is 39.1 Å². The molecule has 4 aliphatic rings. The molecule has 0 amide bonds. The van der Waals surface area contributed by atoms with Gasteiger partial charge in [-0.1, -0.05) is 123 Å². The highest BCUT2D eigenvalue weighted by molar-refractivity contribution is 7.19. The van der Waals surface area contributed by atoms with Crippen LogP contribution in [0.2, 0.25) is 0 Å². The van der Waals surface area contributed by atoms with Crippen LogP contribution < -0.4 is 4.90 Å². The van der Waals surface area contributed by atoms with Crippen molar-refractivity contribution in [1.82, 2.24) is 9.97 Å². The van der Waals surface area contributed by atoms with Gasteiger partial charge in [-0.05, 0) is 41.2 Å². The van der Waals surface area contributed by atoms with E-state index in [0.717, 1.165) is 35.7 Å². The minimum Gasteiger partial charge on any atom is -0.301 e. The Bertz CT molecular complexity index is 2250. The second kappa shape index (κ2) is 9.12. The van der Waals surface area contributed by atoms with Crippen molar-refractivity contribution in [3.63, 3.8) is 0 Å². The van der Waals surface area contributed by atoms with Gasteiger partial charge >= 0.3 is 0 Å². The molecule has 2 atom stereocenters. The summed E-state index contributed by atoms with van der Waals surface area (Å²) >= 11 is 1.94. The van der Waals surface area contributed by atoms with E-state index in [1.165, 1.54) is 59.6 Å². The molecular formula is C41H31N3S. The zero-order valence-electron chi connectivity index (χ0n) is 25.3. The van der Waals surface area contributed by atoms with E-state index < -0.39 is 0 Å². The molecule has 2 unspecified atom stereocenters. The number of benzene rings is 4. The Morgan fingerprint density at radius 1 is 0.756 bits per heavy atom. The summed E-state index contributed by atoms with van der Waals surface area (Å²) in [6, 6.07) is 37.5. The normalized spacial score (nSPS) is 20.0. The Kier molecular flexibility index (Phi) is 5.17. The summed E-state index contributed by atoms with van der Waals surface area (Å²) in [7, 11) is 0. The second-order valence-corrected chi connectivity index (χ2v) is 14.3. The summed E-state index contributed by atoms with van der Waals surface area (Å²) in [6.07, 6.45) is 6.81. The summed E-state index contributed by atoms with van der Waals surface area (Å²) in [5, 5.41) is 1.34. The maximum Gasteiger partial charge on any atom is 0.231 e. The van der Waals surface area contributed by atoms with E-state index in [0.29, 0.717) is 0 Å². The maximum absolute atomic E-state index is 5.58. The Labute approximate surface area is 267 Å². The molecule has 3 heterocycles. The van der Waals surface area contributed by atoms with Gasteiger partial charge in [0, 0.05) is 48.5 Å². The van der Waals surface area contributed by atoms with Crippen LogP contribution in [0, 0.1) is 5.92 Å². The van der Waals surface area contributed by atoms with Gasteiger partial charge in [0.1, 0.15) is 0 Å². The summed E-state index contributed by atoms with van der Waals surface area (Å²) in [4.78, 5) is 15.1. The Hall–Kier alpha value is -4.80. The Balaban J connectivity index is 1.29. The van der Waals surface area contributed by atoms with Crippen LogP contribution in [0.15, 0.2) is 115 Å². The molecule has 10 rings (SSSR count). The van der Waals surface area contributed by atoms with E-state index in [9.17, 15) is 0 Å². The third-order valence-electron chi connectivity index (χ3n) is 10.6. The number of aromatic nitrogens is 2. The van der Waals surface area contributed by atoms with Crippen molar-refractivity contribution in [3.8, 4) is 22.5 Å². The minimum atomic E-state index is -0.106. The topological polar surface area (TPSA) is 29.0 Å². The molecule has 4 aromatic carbocycles. The van der Waals surface area contributed by atoms with Gasteiger partial charge in [-0.25, -0.2) is 9.97 Å². The molecule has 0 saturated heterocycles. The van der Waals surface area contributed by atoms with Crippen molar-refractivity contribution in [2.24, 2.45) is 5.92 Å². The standard InChI is InChI=1S/C41H31N3S/c1-41(2)32-18-10-8-17-29(32)37-34(41)30-23-22-28-27-16-9-11-19-33(27)45-39(28)38(30)44(37)40-42-35(25-13-4-3-5-14-25)31-21-20-24-12-6-7-15-26(24)36(31)43-40/h3-19,22-23,30,38H,20-21H2,1-2H3. The number of hydrogen-bond acceptors (Lipinski definition) is 4. The molecule has 3 nitrogen and oxygen atoms in total. The van der Waals surface area contributed by atoms with Gasteiger partial charge in [0.25, 0.3) is 0 Å². The van der Waals surface area contributed by atoms with Crippen molar-refractivity contribution < 1.29 is 0 Å². The highest BCUT2D eigenvalue weighted by Gasteiger charge is 2.54. The molecule has 0 fully saturated rings. The zero-order chi connectivity index (χ0) is 29.9. The summed E-state index contributed by atoms with van der Waals surface area (Å²) in [5.74, 6) is 1.03. The average molecular weight is 598 g/mol. The van der Waals surface area contributed by atoms with Crippen molar-refractivity contribution in [3.05, 3.63) is 147 Å². The summed E-state index contributed by atoms with van der Waals surface area (Å²) in [6.45, 7) is 4.81. The number of hydrogen-bond donors (Lipinski definition) is 0. The number of fused-ring (bicyclic) bond motifs is 11. The predicted molar refractivity (Wildman–Crippen MR) is 186 cm³/mol. The molecule has 4 heteroatoms. The molecule has 216 valence electrons. The molecule has 0 radical (unpaired) electrons. The van der Waals surface area contributed by atoms with Gasteiger partial charge in [-0.2, -0.15) is 0 Å². The van der Waals surface area contributed by atoms with Crippen LogP contribution in [-0.4, -0.2) is 9.97 Å². The van der Waals surface area contributed by atoms with Crippen LogP contribution in [0.5, 0.6) is 0 Å². The molecular weight excluding hydrogens is 567 g/mol. The lowest BCUT2D eigenvalue weighted by atomic mass is 9.73. The van der Waals surface area contributed by atoms with Crippen molar-refractivity contribution in [2.45, 2.75) is 38.1 Å². The number of anilines is 1. The fourth-order valence-corrected chi connectivity index (χ4v) is 9.93. The van der Waals surface area contributed by atoms with Gasteiger partial charge < -0.3 is 4.90 Å². The van der Waals surface area contributed by atoms with Gasteiger partial charge in [0.05, 0.1) is 23.1 Å². The Morgan fingerprint density at radius 2 is 1.49 bits per heavy atom. The fraction of sp³-hybridized carbons (Fsp3) is 0.171. The molecule has 2 aromatic heterocycles. The highest BCUT2D eigenvalue weighted by atomic mass is 32.1. The molecule has 0 saturated carbocycles. The van der Waals surface area contributed by atoms with E-state index in [1.54, 1.807) is 0 Å². The maximum atomic E-state index is 5.58. The lowest BCUT2D eigenvalue weighted by molar-refractivity contribution is 0.518. The SMILES string of the molecule is CC1(C)C2=C(c3ccccc31)N(c1nc(-c3ccccc3)c3c(n1)-c1ccccc1CC3)C1c3sc4ccccc4c3C=CC21. The average Bonchev–Trinajstić information content (AvgIpc) is 3.71. The van der Waals surface area contributed by atoms with E-state index in [4.69, 9.17) is 9.97 Å². The van der Waals surface area contributed by atoms with E-state index >= 15 is 0 Å². The van der Waals surface area contributed by atoms with E-state index in [2.05, 4.69) is 134 Å². The van der Waals surface area contributed by atoms with Gasteiger partial charge in [0.15, 0.2) is 0 Å². The van der Waals surface area contributed by atoms with Crippen LogP contribution >= 0.6 is 11.3 Å². The van der Waals surface area contributed by atoms with E-state index in [1.807, 2.05) is 11.3 Å². The first kappa shape index (κ1) is 25.5. The van der Waals surface area contributed by atoms with Gasteiger partial charge in [-0.15, -0.1) is 11.3 Å². The van der Waals surface area contributed by atoms with Crippen LogP contribution in [0.1, 0.15) is 52.6 Å². The largest absolute Gasteiger partial charge is 0.301 e. The predicted octanol–water partition coefficient (Wildman–Crippen LogP) is 10.0. The molecule has 3 aliphatic carbocycles. The van der Waals surface area contributed by atoms with Crippen molar-refractivity contribution in [1.29, 1.82) is 0 Å². The zero-order valence-corrected chi connectivity index (χ0v) is 26.1. The molecule has 0 N–H and O–H groups in total. The summed E-state index contributed by atoms with van der Waals surface area (Å²) < 4.78 is 1.34. The number of aryl methyl sites for hydroxylation is 1. The first-order valence-electron chi connectivity index (χ1n) is 16.0. The number of thiophene rings is 1. The smallest absolute Gasteiger partial charge is 0.231 e. The Morgan fingerprint density at radius 3 is 2.38 bits per heavy atom. The lowest BCUT2D eigenvalue weighted by Crippen LogP contribution is -2.32.